The Morgan fingerprint density at radius 3 is 2.52 bits per heavy atom. The van der Waals surface area contributed by atoms with Crippen LogP contribution in [0.3, 0.4) is 0 Å². The molecular weight excluding hydrogens is 318 g/mol. The van der Waals surface area contributed by atoms with Gasteiger partial charge in [0.25, 0.3) is 5.91 Å². The van der Waals surface area contributed by atoms with E-state index < -0.39 is 29.6 Å². The number of amides is 1. The fraction of sp³-hybridized carbons (Fsp3) is 0.286. The van der Waals surface area contributed by atoms with Crippen molar-refractivity contribution in [3.63, 3.8) is 0 Å². The SMILES string of the molecule is N#C/C=C/c1ccc([C@@H](O)[C@@H](CF)NC(=O)C(Cl)Cl)cc1. The maximum absolute atomic E-state index is 13.0. The Hall–Kier alpha value is -1.61. The number of alkyl halides is 3. The van der Waals surface area contributed by atoms with E-state index in [0.29, 0.717) is 5.56 Å². The fourth-order valence-corrected chi connectivity index (χ4v) is 1.74. The first-order valence-corrected chi connectivity index (χ1v) is 6.85. The van der Waals surface area contributed by atoms with Gasteiger partial charge in [0.1, 0.15) is 12.8 Å². The van der Waals surface area contributed by atoms with Crippen LogP contribution in [0.15, 0.2) is 30.3 Å². The lowest BCUT2D eigenvalue weighted by Crippen LogP contribution is -2.43. The van der Waals surface area contributed by atoms with Gasteiger partial charge in [-0.25, -0.2) is 4.39 Å². The molecule has 0 saturated carbocycles. The number of nitrogens with one attached hydrogen (secondary N) is 1. The maximum atomic E-state index is 13.0. The molecule has 4 nitrogen and oxygen atoms in total. The molecule has 2 atom stereocenters. The summed E-state index contributed by atoms with van der Waals surface area (Å²) in [5.41, 5.74) is 1.18. The number of carbonyl (C=O) groups is 1. The van der Waals surface area contributed by atoms with Crippen molar-refractivity contribution in [3.8, 4) is 6.07 Å². The average Bonchev–Trinajstić information content (AvgIpc) is 2.50. The third-order valence-electron chi connectivity index (χ3n) is 2.70. The molecular formula is C14H13Cl2FN2O2. The predicted octanol–water partition coefficient (Wildman–Crippen LogP) is 2.51. The Labute approximate surface area is 131 Å². The van der Waals surface area contributed by atoms with Gasteiger partial charge in [0, 0.05) is 6.08 Å². The summed E-state index contributed by atoms with van der Waals surface area (Å²) in [6.07, 6.45) is 1.67. The average molecular weight is 331 g/mol. The van der Waals surface area contributed by atoms with Crippen LogP contribution in [0.4, 0.5) is 4.39 Å². The lowest BCUT2D eigenvalue weighted by atomic mass is 10.0. The molecule has 0 aliphatic carbocycles. The van der Waals surface area contributed by atoms with Crippen molar-refractivity contribution in [2.45, 2.75) is 17.0 Å². The number of aliphatic hydroxyl groups excluding tert-OH is 1. The van der Waals surface area contributed by atoms with Crippen molar-refractivity contribution in [2.75, 3.05) is 6.67 Å². The van der Waals surface area contributed by atoms with Gasteiger partial charge in [-0.2, -0.15) is 5.26 Å². The second kappa shape index (κ2) is 8.63. The molecule has 0 fully saturated rings. The predicted molar refractivity (Wildman–Crippen MR) is 79.4 cm³/mol. The Morgan fingerprint density at radius 2 is 2.05 bits per heavy atom. The summed E-state index contributed by atoms with van der Waals surface area (Å²) in [6, 6.07) is 7.20. The van der Waals surface area contributed by atoms with Crippen molar-refractivity contribution < 1.29 is 14.3 Å². The highest BCUT2D eigenvalue weighted by Crippen LogP contribution is 2.19. The lowest BCUT2D eigenvalue weighted by Gasteiger charge is -2.22. The van der Waals surface area contributed by atoms with Crippen molar-refractivity contribution in [3.05, 3.63) is 41.5 Å². The zero-order valence-corrected chi connectivity index (χ0v) is 12.4. The second-order valence-electron chi connectivity index (χ2n) is 4.14. The molecule has 21 heavy (non-hydrogen) atoms. The van der Waals surface area contributed by atoms with Gasteiger partial charge in [0.05, 0.1) is 12.1 Å². The summed E-state index contributed by atoms with van der Waals surface area (Å²) >= 11 is 10.7. The Kier molecular flexibility index (Phi) is 7.17. The van der Waals surface area contributed by atoms with Crippen LogP contribution in [0.2, 0.25) is 0 Å². The highest BCUT2D eigenvalue weighted by Gasteiger charge is 2.24. The quantitative estimate of drug-likeness (QED) is 0.621. The number of hydrogen-bond donors (Lipinski definition) is 2. The molecule has 0 aliphatic rings. The highest BCUT2D eigenvalue weighted by atomic mass is 35.5. The van der Waals surface area contributed by atoms with Crippen LogP contribution in [-0.2, 0) is 4.79 Å². The van der Waals surface area contributed by atoms with E-state index in [-0.39, 0.29) is 0 Å². The zero-order chi connectivity index (χ0) is 15.8. The number of carbonyl (C=O) groups excluding carboxylic acids is 1. The maximum Gasteiger partial charge on any atom is 0.253 e. The third kappa shape index (κ3) is 5.35. The first kappa shape index (κ1) is 17.4. The van der Waals surface area contributed by atoms with Gasteiger partial charge >= 0.3 is 0 Å². The number of hydrogen-bond acceptors (Lipinski definition) is 3. The van der Waals surface area contributed by atoms with Crippen LogP contribution in [0.1, 0.15) is 17.2 Å². The van der Waals surface area contributed by atoms with Gasteiger partial charge in [0.15, 0.2) is 4.84 Å². The molecule has 0 aromatic heterocycles. The Balaban J connectivity index is 2.80. The highest BCUT2D eigenvalue weighted by molar-refractivity contribution is 6.53. The molecule has 7 heteroatoms. The number of aliphatic hydroxyl groups is 1. The topological polar surface area (TPSA) is 73.1 Å². The molecule has 0 unspecified atom stereocenters. The van der Waals surface area contributed by atoms with Gasteiger partial charge in [-0.15, -0.1) is 0 Å². The molecule has 0 heterocycles. The summed E-state index contributed by atoms with van der Waals surface area (Å²) < 4.78 is 13.0. The Morgan fingerprint density at radius 1 is 1.43 bits per heavy atom. The molecule has 0 saturated heterocycles. The molecule has 0 bridgehead atoms. The smallest absolute Gasteiger partial charge is 0.253 e. The number of benzene rings is 1. The first-order chi connectivity index (χ1) is 9.99. The fourth-order valence-electron chi connectivity index (χ4n) is 1.62. The summed E-state index contributed by atoms with van der Waals surface area (Å²) in [5.74, 6) is -0.770. The second-order valence-corrected chi connectivity index (χ2v) is 5.24. The summed E-state index contributed by atoms with van der Waals surface area (Å²) in [6.45, 7) is -0.969. The van der Waals surface area contributed by atoms with Crippen LogP contribution < -0.4 is 5.32 Å². The number of allylic oxidation sites excluding steroid dienone is 1. The van der Waals surface area contributed by atoms with Crippen molar-refractivity contribution in [1.82, 2.24) is 5.32 Å². The van der Waals surface area contributed by atoms with E-state index in [1.165, 1.54) is 6.08 Å². The summed E-state index contributed by atoms with van der Waals surface area (Å²) in [7, 11) is 0. The summed E-state index contributed by atoms with van der Waals surface area (Å²) in [4.78, 5) is 10.00. The van der Waals surface area contributed by atoms with E-state index >= 15 is 0 Å². The van der Waals surface area contributed by atoms with E-state index in [1.54, 1.807) is 30.3 Å². The van der Waals surface area contributed by atoms with Crippen LogP contribution >= 0.6 is 23.2 Å². The molecule has 1 aromatic rings. The lowest BCUT2D eigenvalue weighted by molar-refractivity contribution is -0.121. The van der Waals surface area contributed by atoms with Crippen LogP contribution in [0.5, 0.6) is 0 Å². The van der Waals surface area contributed by atoms with Crippen molar-refractivity contribution >= 4 is 35.2 Å². The number of halogens is 3. The van der Waals surface area contributed by atoms with E-state index in [9.17, 15) is 14.3 Å². The third-order valence-corrected chi connectivity index (χ3v) is 3.10. The molecule has 0 spiro atoms. The molecule has 112 valence electrons. The standard InChI is InChI=1S/C14H13Cl2FN2O2/c15-13(16)14(21)19-11(8-17)12(20)10-5-3-9(4-6-10)2-1-7-18/h1-6,11-13,20H,8H2,(H,19,21)/b2-1+/t11-,12-/m1/s1. The minimum Gasteiger partial charge on any atom is -0.386 e. The number of rotatable bonds is 6. The molecule has 0 radical (unpaired) electrons. The van der Waals surface area contributed by atoms with Gasteiger partial charge < -0.3 is 10.4 Å². The minimum atomic E-state index is -1.33. The zero-order valence-electron chi connectivity index (χ0n) is 10.8. The number of nitriles is 1. The van der Waals surface area contributed by atoms with E-state index in [0.717, 1.165) is 5.56 Å². The first-order valence-electron chi connectivity index (χ1n) is 5.98. The Bertz CT molecular complexity index is 541. The van der Waals surface area contributed by atoms with Gasteiger partial charge in [-0.3, -0.25) is 4.79 Å². The van der Waals surface area contributed by atoms with E-state index in [1.807, 2.05) is 6.07 Å². The van der Waals surface area contributed by atoms with Crippen molar-refractivity contribution in [2.24, 2.45) is 0 Å². The van der Waals surface area contributed by atoms with Gasteiger partial charge in [-0.1, -0.05) is 47.5 Å². The van der Waals surface area contributed by atoms with E-state index in [4.69, 9.17) is 28.5 Å². The summed E-state index contributed by atoms with van der Waals surface area (Å²) in [5, 5.41) is 20.7. The monoisotopic (exact) mass is 330 g/mol. The van der Waals surface area contributed by atoms with Crippen LogP contribution in [0.25, 0.3) is 6.08 Å². The molecule has 1 aromatic carbocycles. The molecule has 0 aliphatic heterocycles. The molecule has 1 amide bonds. The van der Waals surface area contributed by atoms with Gasteiger partial charge in [0.2, 0.25) is 0 Å². The van der Waals surface area contributed by atoms with Gasteiger partial charge in [-0.05, 0) is 17.2 Å². The number of nitrogens with zero attached hydrogens (tertiary/aromatic N) is 1. The normalized spacial score (nSPS) is 13.9. The van der Waals surface area contributed by atoms with Crippen LogP contribution in [-0.4, -0.2) is 28.6 Å². The molecule has 1 rings (SSSR count). The van der Waals surface area contributed by atoms with E-state index in [2.05, 4.69) is 5.32 Å². The van der Waals surface area contributed by atoms with Crippen LogP contribution in [0, 0.1) is 11.3 Å². The van der Waals surface area contributed by atoms with Crippen molar-refractivity contribution in [1.29, 1.82) is 5.26 Å². The minimum absolute atomic E-state index is 0.424. The largest absolute Gasteiger partial charge is 0.386 e. The molecule has 2 N–H and O–H groups in total.